The Morgan fingerprint density at radius 1 is 1.14 bits per heavy atom. The van der Waals surface area contributed by atoms with Crippen LogP contribution in [0.15, 0.2) is 48.5 Å². The van der Waals surface area contributed by atoms with Gasteiger partial charge in [0, 0.05) is 30.1 Å². The normalized spacial score (nSPS) is 16.9. The van der Waals surface area contributed by atoms with Crippen LogP contribution in [-0.4, -0.2) is 43.5 Å². The highest BCUT2D eigenvalue weighted by Gasteiger charge is 2.32. The fourth-order valence-corrected chi connectivity index (χ4v) is 3.82. The average Bonchev–Trinajstić information content (AvgIpc) is 3.23. The highest BCUT2D eigenvalue weighted by molar-refractivity contribution is 5.94. The summed E-state index contributed by atoms with van der Waals surface area (Å²) >= 11 is 0. The SMILES string of the molecule is COc1ccc(OC)c(C2CCCN2C(=O)CC(C)NC(=O)c2ccccc2)c1. The maximum absolute atomic E-state index is 13.0. The van der Waals surface area contributed by atoms with E-state index in [1.54, 1.807) is 26.4 Å². The molecule has 2 amide bonds. The molecule has 1 N–H and O–H groups in total. The van der Waals surface area contributed by atoms with E-state index in [4.69, 9.17) is 9.47 Å². The van der Waals surface area contributed by atoms with Gasteiger partial charge in [0.1, 0.15) is 11.5 Å². The quantitative estimate of drug-likeness (QED) is 0.777. The second-order valence-corrected chi connectivity index (χ2v) is 7.30. The maximum atomic E-state index is 13.0. The van der Waals surface area contributed by atoms with Crippen molar-refractivity contribution in [1.82, 2.24) is 10.2 Å². The summed E-state index contributed by atoms with van der Waals surface area (Å²) in [7, 11) is 3.26. The van der Waals surface area contributed by atoms with Crippen LogP contribution in [0.1, 0.15) is 48.1 Å². The van der Waals surface area contributed by atoms with Crippen molar-refractivity contribution < 1.29 is 19.1 Å². The van der Waals surface area contributed by atoms with E-state index in [9.17, 15) is 9.59 Å². The highest BCUT2D eigenvalue weighted by atomic mass is 16.5. The molecule has 1 fully saturated rings. The molecule has 1 aliphatic heterocycles. The van der Waals surface area contributed by atoms with Gasteiger partial charge >= 0.3 is 0 Å². The number of carbonyl (C=O) groups excluding carboxylic acids is 2. The van der Waals surface area contributed by atoms with Crippen molar-refractivity contribution in [3.8, 4) is 11.5 Å². The largest absolute Gasteiger partial charge is 0.497 e. The smallest absolute Gasteiger partial charge is 0.251 e. The predicted molar refractivity (Wildman–Crippen MR) is 111 cm³/mol. The first-order valence-electron chi connectivity index (χ1n) is 9.90. The van der Waals surface area contributed by atoms with Crippen molar-refractivity contribution in [1.29, 1.82) is 0 Å². The minimum atomic E-state index is -0.260. The van der Waals surface area contributed by atoms with E-state index in [-0.39, 0.29) is 30.3 Å². The molecule has 6 nitrogen and oxygen atoms in total. The van der Waals surface area contributed by atoms with Gasteiger partial charge in [-0.1, -0.05) is 18.2 Å². The molecule has 3 rings (SSSR count). The summed E-state index contributed by atoms with van der Waals surface area (Å²) in [5.74, 6) is 1.35. The number of rotatable bonds is 7. The Hall–Kier alpha value is -3.02. The van der Waals surface area contributed by atoms with E-state index in [0.717, 1.165) is 29.9 Å². The molecule has 1 heterocycles. The Bertz CT molecular complexity index is 853. The zero-order chi connectivity index (χ0) is 20.8. The summed E-state index contributed by atoms with van der Waals surface area (Å²) in [5.41, 5.74) is 1.55. The molecule has 1 saturated heterocycles. The summed E-state index contributed by atoms with van der Waals surface area (Å²) in [5, 5.41) is 2.91. The van der Waals surface area contributed by atoms with Crippen LogP contribution in [-0.2, 0) is 4.79 Å². The molecule has 0 aromatic heterocycles. The third-order valence-corrected chi connectivity index (χ3v) is 5.26. The van der Waals surface area contributed by atoms with Crippen LogP contribution in [0.4, 0.5) is 0 Å². The molecule has 0 radical (unpaired) electrons. The van der Waals surface area contributed by atoms with Crippen molar-refractivity contribution in [2.45, 2.75) is 38.3 Å². The monoisotopic (exact) mass is 396 g/mol. The molecule has 0 aliphatic carbocycles. The van der Waals surface area contributed by atoms with E-state index >= 15 is 0 Å². The fourth-order valence-electron chi connectivity index (χ4n) is 3.82. The second-order valence-electron chi connectivity index (χ2n) is 7.30. The first kappa shape index (κ1) is 20.7. The number of nitrogens with one attached hydrogen (secondary N) is 1. The van der Waals surface area contributed by atoms with E-state index in [2.05, 4.69) is 5.32 Å². The van der Waals surface area contributed by atoms with E-state index in [0.29, 0.717) is 12.1 Å². The van der Waals surface area contributed by atoms with Gasteiger partial charge in [-0.15, -0.1) is 0 Å². The Labute approximate surface area is 171 Å². The van der Waals surface area contributed by atoms with Crippen molar-refractivity contribution >= 4 is 11.8 Å². The molecule has 154 valence electrons. The van der Waals surface area contributed by atoms with Gasteiger partial charge in [-0.25, -0.2) is 0 Å². The number of methoxy groups -OCH3 is 2. The van der Waals surface area contributed by atoms with Crippen molar-refractivity contribution in [3.05, 3.63) is 59.7 Å². The number of hydrogen-bond donors (Lipinski definition) is 1. The molecule has 2 aromatic rings. The number of carbonyl (C=O) groups is 2. The zero-order valence-corrected chi connectivity index (χ0v) is 17.2. The summed E-state index contributed by atoms with van der Waals surface area (Å²) in [6, 6.07) is 14.4. The van der Waals surface area contributed by atoms with Gasteiger partial charge in [-0.05, 0) is 50.1 Å². The van der Waals surface area contributed by atoms with E-state index in [1.165, 1.54) is 0 Å². The van der Waals surface area contributed by atoms with E-state index < -0.39 is 0 Å². The maximum Gasteiger partial charge on any atom is 0.251 e. The summed E-state index contributed by atoms with van der Waals surface area (Å²) in [4.78, 5) is 27.2. The average molecular weight is 396 g/mol. The number of ether oxygens (including phenoxy) is 2. The third kappa shape index (κ3) is 4.88. The lowest BCUT2D eigenvalue weighted by atomic mass is 10.0. The van der Waals surface area contributed by atoms with Crippen LogP contribution in [0.3, 0.4) is 0 Å². The molecular formula is C23H28N2O4. The topological polar surface area (TPSA) is 67.9 Å². The van der Waals surface area contributed by atoms with Crippen LogP contribution in [0.2, 0.25) is 0 Å². The van der Waals surface area contributed by atoms with Gasteiger partial charge < -0.3 is 19.7 Å². The lowest BCUT2D eigenvalue weighted by Gasteiger charge is -2.28. The van der Waals surface area contributed by atoms with Crippen molar-refractivity contribution in [3.63, 3.8) is 0 Å². The van der Waals surface area contributed by atoms with Crippen LogP contribution >= 0.6 is 0 Å². The summed E-state index contributed by atoms with van der Waals surface area (Å²) in [6.07, 6.45) is 2.06. The Balaban J connectivity index is 1.68. The number of benzene rings is 2. The lowest BCUT2D eigenvalue weighted by molar-refractivity contribution is -0.132. The number of nitrogens with zero attached hydrogens (tertiary/aromatic N) is 1. The zero-order valence-electron chi connectivity index (χ0n) is 17.2. The summed E-state index contributed by atoms with van der Waals surface area (Å²) in [6.45, 7) is 2.55. The van der Waals surface area contributed by atoms with Gasteiger partial charge in [0.05, 0.1) is 20.3 Å². The number of amides is 2. The molecule has 6 heteroatoms. The molecule has 2 aromatic carbocycles. The first-order valence-corrected chi connectivity index (χ1v) is 9.90. The molecule has 2 unspecified atom stereocenters. The predicted octanol–water partition coefficient (Wildman–Crippen LogP) is 3.58. The summed E-state index contributed by atoms with van der Waals surface area (Å²) < 4.78 is 10.9. The van der Waals surface area contributed by atoms with Gasteiger partial charge in [-0.3, -0.25) is 9.59 Å². The Kier molecular flexibility index (Phi) is 6.75. The van der Waals surface area contributed by atoms with Gasteiger partial charge in [0.2, 0.25) is 5.91 Å². The first-order chi connectivity index (χ1) is 14.0. The Morgan fingerprint density at radius 3 is 2.59 bits per heavy atom. The highest BCUT2D eigenvalue weighted by Crippen LogP contribution is 2.39. The Morgan fingerprint density at radius 2 is 1.90 bits per heavy atom. The van der Waals surface area contributed by atoms with Crippen LogP contribution in [0.5, 0.6) is 11.5 Å². The fraction of sp³-hybridized carbons (Fsp3) is 0.391. The molecule has 0 bridgehead atoms. The minimum Gasteiger partial charge on any atom is -0.497 e. The van der Waals surface area contributed by atoms with Gasteiger partial charge in [0.25, 0.3) is 5.91 Å². The third-order valence-electron chi connectivity index (χ3n) is 5.26. The van der Waals surface area contributed by atoms with Crippen molar-refractivity contribution in [2.24, 2.45) is 0 Å². The number of likely N-dealkylation sites (tertiary alicyclic amines) is 1. The van der Waals surface area contributed by atoms with Crippen LogP contribution < -0.4 is 14.8 Å². The van der Waals surface area contributed by atoms with Gasteiger partial charge in [0.15, 0.2) is 0 Å². The molecule has 0 saturated carbocycles. The van der Waals surface area contributed by atoms with Gasteiger partial charge in [-0.2, -0.15) is 0 Å². The minimum absolute atomic E-state index is 0.0261. The van der Waals surface area contributed by atoms with E-state index in [1.807, 2.05) is 48.2 Å². The van der Waals surface area contributed by atoms with Crippen molar-refractivity contribution in [2.75, 3.05) is 20.8 Å². The molecule has 1 aliphatic rings. The van der Waals surface area contributed by atoms with Crippen LogP contribution in [0, 0.1) is 0 Å². The molecule has 0 spiro atoms. The number of hydrogen-bond acceptors (Lipinski definition) is 4. The second kappa shape index (κ2) is 9.45. The molecule has 2 atom stereocenters. The molecule has 29 heavy (non-hydrogen) atoms. The molecular weight excluding hydrogens is 368 g/mol. The standard InChI is InChI=1S/C23H28N2O4/c1-16(24-23(27)17-8-5-4-6-9-17)14-22(26)25-13-7-10-20(25)19-15-18(28-2)11-12-21(19)29-3/h4-6,8-9,11-12,15-16,20H,7,10,13-14H2,1-3H3,(H,24,27). The van der Waals surface area contributed by atoms with Crippen LogP contribution in [0.25, 0.3) is 0 Å². The lowest BCUT2D eigenvalue weighted by Crippen LogP contribution is -2.39.